The maximum atomic E-state index is 12.2. The second kappa shape index (κ2) is 10.3. The lowest BCUT2D eigenvalue weighted by Crippen LogP contribution is -2.45. The Morgan fingerprint density at radius 3 is 2.08 bits per heavy atom. The molecule has 24 heavy (non-hydrogen) atoms. The molecular formula is C16H25Cl2F3N2O. The molecule has 1 aliphatic rings. The van der Waals surface area contributed by atoms with Gasteiger partial charge >= 0.3 is 6.36 Å². The molecule has 2 rings (SSSR count). The predicted octanol–water partition coefficient (Wildman–Crippen LogP) is 4.42. The topological polar surface area (TPSA) is 24.5 Å². The first-order chi connectivity index (χ1) is 10.3. The molecule has 0 amide bonds. The molecule has 0 radical (unpaired) electrons. The monoisotopic (exact) mass is 388 g/mol. The Bertz CT molecular complexity index is 463. The van der Waals surface area contributed by atoms with Gasteiger partial charge < -0.3 is 10.1 Å². The highest BCUT2D eigenvalue weighted by Gasteiger charge is 2.31. The van der Waals surface area contributed by atoms with Crippen molar-refractivity contribution >= 4 is 24.8 Å². The number of hydrogen-bond acceptors (Lipinski definition) is 3. The molecule has 1 aromatic carbocycles. The zero-order valence-corrected chi connectivity index (χ0v) is 15.4. The molecule has 3 nitrogen and oxygen atoms in total. The maximum absolute atomic E-state index is 12.2. The van der Waals surface area contributed by atoms with E-state index in [0.717, 1.165) is 38.2 Å². The van der Waals surface area contributed by atoms with Crippen LogP contribution >= 0.6 is 24.8 Å². The smallest absolute Gasteiger partial charge is 0.406 e. The molecule has 1 fully saturated rings. The number of piperazine rings is 1. The zero-order chi connectivity index (χ0) is 16.2. The molecule has 8 heteroatoms. The summed E-state index contributed by atoms with van der Waals surface area (Å²) in [6, 6.07) is 6.53. The van der Waals surface area contributed by atoms with Gasteiger partial charge in [-0.15, -0.1) is 38.0 Å². The number of ether oxygens (including phenoxy) is 1. The van der Waals surface area contributed by atoms with Crippen LogP contribution in [0, 0.1) is 5.92 Å². The molecule has 0 spiro atoms. The van der Waals surface area contributed by atoms with Gasteiger partial charge in [0.15, 0.2) is 0 Å². The van der Waals surface area contributed by atoms with Crippen LogP contribution in [-0.4, -0.2) is 37.4 Å². The van der Waals surface area contributed by atoms with Crippen molar-refractivity contribution in [2.45, 2.75) is 32.7 Å². The Kier molecular flexibility index (Phi) is 10.0. The van der Waals surface area contributed by atoms with Crippen LogP contribution in [0.2, 0.25) is 0 Å². The van der Waals surface area contributed by atoms with E-state index in [1.54, 1.807) is 12.1 Å². The summed E-state index contributed by atoms with van der Waals surface area (Å²) in [7, 11) is 0. The molecule has 1 aliphatic heterocycles. The van der Waals surface area contributed by atoms with Gasteiger partial charge in [0, 0.05) is 32.2 Å². The molecule has 1 heterocycles. The number of benzene rings is 1. The van der Waals surface area contributed by atoms with Crippen molar-refractivity contribution in [3.05, 3.63) is 29.8 Å². The van der Waals surface area contributed by atoms with E-state index >= 15 is 0 Å². The molecular weight excluding hydrogens is 364 g/mol. The van der Waals surface area contributed by atoms with E-state index in [1.165, 1.54) is 12.1 Å². The number of nitrogens with zero attached hydrogens (tertiary/aromatic N) is 1. The Balaban J connectivity index is 0.00000264. The summed E-state index contributed by atoms with van der Waals surface area (Å²) < 4.78 is 40.6. The number of hydrogen-bond donors (Lipinski definition) is 1. The quantitative estimate of drug-likeness (QED) is 0.807. The van der Waals surface area contributed by atoms with Crippen molar-refractivity contribution in [2.24, 2.45) is 5.92 Å². The molecule has 1 aromatic rings. The third-order valence-electron chi connectivity index (χ3n) is 3.79. The van der Waals surface area contributed by atoms with Crippen molar-refractivity contribution in [1.82, 2.24) is 10.2 Å². The fourth-order valence-corrected chi connectivity index (χ4v) is 2.83. The molecule has 0 bridgehead atoms. The van der Waals surface area contributed by atoms with Crippen LogP contribution in [0.1, 0.15) is 31.9 Å². The molecule has 1 N–H and O–H groups in total. The van der Waals surface area contributed by atoms with Gasteiger partial charge in [0.05, 0.1) is 0 Å². The van der Waals surface area contributed by atoms with Crippen molar-refractivity contribution in [1.29, 1.82) is 0 Å². The Labute approximate surface area is 153 Å². The first-order valence-electron chi connectivity index (χ1n) is 7.65. The average molecular weight is 389 g/mol. The van der Waals surface area contributed by atoms with Crippen LogP contribution in [0.4, 0.5) is 13.2 Å². The largest absolute Gasteiger partial charge is 0.573 e. The maximum Gasteiger partial charge on any atom is 0.573 e. The summed E-state index contributed by atoms with van der Waals surface area (Å²) in [4.78, 5) is 2.40. The Morgan fingerprint density at radius 1 is 1.08 bits per heavy atom. The highest BCUT2D eigenvalue weighted by atomic mass is 35.5. The first kappa shape index (κ1) is 23.3. The molecule has 140 valence electrons. The van der Waals surface area contributed by atoms with E-state index < -0.39 is 6.36 Å². The van der Waals surface area contributed by atoms with Gasteiger partial charge in [-0.25, -0.2) is 0 Å². The Hall–Kier alpha value is -0.690. The van der Waals surface area contributed by atoms with E-state index in [0.29, 0.717) is 5.92 Å². The number of nitrogens with one attached hydrogen (secondary N) is 1. The third-order valence-corrected chi connectivity index (χ3v) is 3.79. The summed E-state index contributed by atoms with van der Waals surface area (Å²) in [6.07, 6.45) is -3.66. The van der Waals surface area contributed by atoms with Crippen molar-refractivity contribution < 1.29 is 17.9 Å². The minimum Gasteiger partial charge on any atom is -0.406 e. The minimum atomic E-state index is -4.64. The van der Waals surface area contributed by atoms with E-state index in [9.17, 15) is 13.2 Å². The van der Waals surface area contributed by atoms with Crippen LogP contribution in [0.5, 0.6) is 5.75 Å². The van der Waals surface area contributed by atoms with Gasteiger partial charge in [-0.1, -0.05) is 26.0 Å². The molecule has 0 unspecified atom stereocenters. The summed E-state index contributed by atoms with van der Waals surface area (Å²) in [5, 5.41) is 3.32. The number of alkyl halides is 3. The standard InChI is InChI=1S/C16H23F3N2O.2ClH/c1-12(2)11-15(21-9-7-20-8-10-21)13-3-5-14(6-4-13)22-16(17,18)19;;/h3-6,12,15,20H,7-11H2,1-2H3;2*1H/t15-;;/m1../s1. The Morgan fingerprint density at radius 2 is 1.62 bits per heavy atom. The van der Waals surface area contributed by atoms with Crippen LogP contribution in [-0.2, 0) is 0 Å². The van der Waals surface area contributed by atoms with Crippen LogP contribution in [0.15, 0.2) is 24.3 Å². The van der Waals surface area contributed by atoms with E-state index in [-0.39, 0.29) is 36.6 Å². The van der Waals surface area contributed by atoms with Gasteiger partial charge in [-0.3, -0.25) is 4.90 Å². The molecule has 0 aromatic heterocycles. The lowest BCUT2D eigenvalue weighted by atomic mass is 9.95. The molecule has 0 saturated carbocycles. The van der Waals surface area contributed by atoms with Gasteiger partial charge in [0.2, 0.25) is 0 Å². The van der Waals surface area contributed by atoms with Crippen molar-refractivity contribution in [3.8, 4) is 5.75 Å². The van der Waals surface area contributed by atoms with Gasteiger partial charge in [0.1, 0.15) is 5.75 Å². The molecule has 0 aliphatic carbocycles. The second-order valence-electron chi connectivity index (χ2n) is 6.05. The van der Waals surface area contributed by atoms with E-state index in [1.807, 2.05) is 0 Å². The lowest BCUT2D eigenvalue weighted by Gasteiger charge is -2.36. The zero-order valence-electron chi connectivity index (χ0n) is 13.8. The molecule has 1 atom stereocenters. The summed E-state index contributed by atoms with van der Waals surface area (Å²) in [5.74, 6) is 0.353. The van der Waals surface area contributed by atoms with Crippen LogP contribution in [0.3, 0.4) is 0 Å². The third kappa shape index (κ3) is 7.47. The minimum absolute atomic E-state index is 0. The SMILES string of the molecule is CC(C)C[C@H](c1ccc(OC(F)(F)F)cc1)N1CCNCC1.Cl.Cl. The van der Waals surface area contributed by atoms with Gasteiger partial charge in [-0.05, 0) is 30.0 Å². The van der Waals surface area contributed by atoms with Crippen LogP contribution in [0.25, 0.3) is 0 Å². The summed E-state index contributed by atoms with van der Waals surface area (Å²) in [6.45, 7) is 8.14. The molecule has 1 saturated heterocycles. The lowest BCUT2D eigenvalue weighted by molar-refractivity contribution is -0.274. The number of rotatable bonds is 5. The van der Waals surface area contributed by atoms with Crippen molar-refractivity contribution in [3.63, 3.8) is 0 Å². The van der Waals surface area contributed by atoms with Gasteiger partial charge in [-0.2, -0.15) is 0 Å². The number of halogens is 5. The normalized spacial score (nSPS) is 16.9. The van der Waals surface area contributed by atoms with Gasteiger partial charge in [0.25, 0.3) is 0 Å². The first-order valence-corrected chi connectivity index (χ1v) is 7.65. The summed E-state index contributed by atoms with van der Waals surface area (Å²) in [5.41, 5.74) is 1.05. The van der Waals surface area contributed by atoms with E-state index in [2.05, 4.69) is 28.8 Å². The van der Waals surface area contributed by atoms with Crippen molar-refractivity contribution in [2.75, 3.05) is 26.2 Å². The summed E-state index contributed by atoms with van der Waals surface area (Å²) >= 11 is 0. The van der Waals surface area contributed by atoms with E-state index in [4.69, 9.17) is 0 Å². The highest BCUT2D eigenvalue weighted by Crippen LogP contribution is 2.30. The fourth-order valence-electron chi connectivity index (χ4n) is 2.83. The average Bonchev–Trinajstić information content (AvgIpc) is 2.45. The van der Waals surface area contributed by atoms with Crippen LogP contribution < -0.4 is 10.1 Å². The fraction of sp³-hybridized carbons (Fsp3) is 0.625. The highest BCUT2D eigenvalue weighted by molar-refractivity contribution is 5.85. The second-order valence-corrected chi connectivity index (χ2v) is 6.05. The predicted molar refractivity (Wildman–Crippen MR) is 94.3 cm³/mol.